The molecule has 8 atom stereocenters. The fraction of sp³-hybridized carbons (Fsp3) is 0.742. The van der Waals surface area contributed by atoms with Gasteiger partial charge in [0.1, 0.15) is 6.07 Å². The number of hydrogen-bond acceptors (Lipinski definition) is 7. The van der Waals surface area contributed by atoms with Crippen molar-refractivity contribution in [3.8, 4) is 6.07 Å². The van der Waals surface area contributed by atoms with Gasteiger partial charge in [0.15, 0.2) is 18.1 Å². The topological polar surface area (TPSA) is 114 Å². The molecular weight excluding hydrogens is 501 g/mol. The van der Waals surface area contributed by atoms with Crippen LogP contribution >= 0.6 is 0 Å². The Hall–Kier alpha value is -2.53. The second-order valence-corrected chi connectivity index (χ2v) is 14.2. The first-order valence-corrected chi connectivity index (χ1v) is 14.0. The zero-order chi connectivity index (χ0) is 29.0. The van der Waals surface area contributed by atoms with Gasteiger partial charge in [-0.1, -0.05) is 53.2 Å². The first-order chi connectivity index (χ1) is 18.0. The number of alkyl halides is 1. The second-order valence-electron chi connectivity index (χ2n) is 14.2. The third kappa shape index (κ3) is 3.20. The van der Waals surface area contributed by atoms with E-state index in [-0.39, 0.29) is 23.0 Å². The second kappa shape index (κ2) is 8.25. The van der Waals surface area contributed by atoms with E-state index in [2.05, 4.69) is 0 Å². The Morgan fingerprint density at radius 3 is 2.38 bits per heavy atom. The number of fused-ring (bicyclic) bond motifs is 5. The van der Waals surface area contributed by atoms with Crippen LogP contribution in [-0.4, -0.2) is 46.8 Å². The van der Waals surface area contributed by atoms with Gasteiger partial charge in [0.05, 0.1) is 12.0 Å². The number of esters is 2. The van der Waals surface area contributed by atoms with Gasteiger partial charge in [-0.15, -0.1) is 0 Å². The van der Waals surface area contributed by atoms with Gasteiger partial charge in [0.25, 0.3) is 0 Å². The van der Waals surface area contributed by atoms with Crippen LogP contribution in [0.5, 0.6) is 0 Å². The molecule has 0 amide bonds. The highest BCUT2D eigenvalue weighted by molar-refractivity contribution is 6.01. The number of carbonyl (C=O) groups excluding carboxylic acids is 3. The molecule has 0 aromatic carbocycles. The largest absolute Gasteiger partial charge is 0.447 e. The number of hydrogen-bond donors (Lipinski definition) is 1. The molecule has 0 aliphatic heterocycles. The van der Waals surface area contributed by atoms with Crippen molar-refractivity contribution in [2.45, 2.75) is 91.5 Å². The lowest BCUT2D eigenvalue weighted by Crippen LogP contribution is -2.70. The van der Waals surface area contributed by atoms with Gasteiger partial charge in [-0.05, 0) is 61.5 Å². The molecule has 8 heteroatoms. The number of nitrogens with zero attached hydrogens (tertiary/aromatic N) is 1. The van der Waals surface area contributed by atoms with Crippen LogP contribution in [0.25, 0.3) is 0 Å². The summed E-state index contributed by atoms with van der Waals surface area (Å²) in [6.07, 6.45) is 4.10. The molecule has 5 aliphatic carbocycles. The van der Waals surface area contributed by atoms with Crippen molar-refractivity contribution in [2.24, 2.45) is 45.3 Å². The highest BCUT2D eigenvalue weighted by atomic mass is 19.1. The van der Waals surface area contributed by atoms with E-state index in [0.717, 1.165) is 0 Å². The lowest BCUT2D eigenvalue weighted by molar-refractivity contribution is -0.237. The Labute approximate surface area is 229 Å². The van der Waals surface area contributed by atoms with Gasteiger partial charge in [-0.25, -0.2) is 9.18 Å². The maximum absolute atomic E-state index is 17.5. The number of aliphatic hydroxyl groups excluding tert-OH is 1. The summed E-state index contributed by atoms with van der Waals surface area (Å²) in [4.78, 5) is 39.8. The Kier molecular flexibility index (Phi) is 5.93. The Morgan fingerprint density at radius 2 is 1.79 bits per heavy atom. The Balaban J connectivity index is 1.60. The van der Waals surface area contributed by atoms with E-state index in [1.54, 1.807) is 13.0 Å². The minimum absolute atomic E-state index is 0.133. The van der Waals surface area contributed by atoms with Crippen LogP contribution in [0.4, 0.5) is 4.39 Å². The van der Waals surface area contributed by atoms with Gasteiger partial charge < -0.3 is 14.6 Å². The number of ketones is 1. The number of ether oxygens (including phenoxy) is 2. The summed E-state index contributed by atoms with van der Waals surface area (Å²) in [5.74, 6) is -3.54. The standard InChI is InChI=1S/C31H40FNO6/c1-17-14-21-20-9-8-18-15-19(34)10-11-28(18,6)30(20,32)22(35)16-29(21,7)31(17,25(37)38-13-12-33)39-24(36)23-26(2,3)27(23,4)5/h10-11,15,17,20-23,35H,8-9,13-14,16H2,1-7H3/t17-,20-,21-,22-,28-,29-,30-,31-/m0/s1. The molecule has 212 valence electrons. The first-order valence-electron chi connectivity index (χ1n) is 14.0. The molecular formula is C31H40FNO6. The summed E-state index contributed by atoms with van der Waals surface area (Å²) >= 11 is 0. The van der Waals surface area contributed by atoms with E-state index in [0.29, 0.717) is 24.8 Å². The van der Waals surface area contributed by atoms with Crippen molar-refractivity contribution in [3.05, 3.63) is 23.8 Å². The van der Waals surface area contributed by atoms with Crippen molar-refractivity contribution in [1.82, 2.24) is 0 Å². The van der Waals surface area contributed by atoms with E-state index >= 15 is 4.39 Å². The van der Waals surface area contributed by atoms with E-state index in [4.69, 9.17) is 14.7 Å². The Morgan fingerprint density at radius 1 is 1.15 bits per heavy atom. The number of rotatable bonds is 4. The third-order valence-corrected chi connectivity index (χ3v) is 12.3. The maximum atomic E-state index is 17.5. The van der Waals surface area contributed by atoms with Crippen molar-refractivity contribution in [3.63, 3.8) is 0 Å². The van der Waals surface area contributed by atoms with Crippen LogP contribution in [0.3, 0.4) is 0 Å². The lowest BCUT2D eigenvalue weighted by atomic mass is 9.44. The zero-order valence-electron chi connectivity index (χ0n) is 24.0. The van der Waals surface area contributed by atoms with Crippen LogP contribution in [0, 0.1) is 56.7 Å². The lowest BCUT2D eigenvalue weighted by Gasteiger charge is -2.62. The number of halogens is 1. The summed E-state index contributed by atoms with van der Waals surface area (Å²) < 4.78 is 29.2. The minimum atomic E-state index is -2.07. The highest BCUT2D eigenvalue weighted by Gasteiger charge is 2.79. The molecule has 1 N–H and O–H groups in total. The summed E-state index contributed by atoms with van der Waals surface area (Å²) in [6.45, 7) is 12.8. The van der Waals surface area contributed by atoms with E-state index < -0.39 is 70.4 Å². The van der Waals surface area contributed by atoms with Gasteiger partial charge >= 0.3 is 11.9 Å². The average Bonchev–Trinajstić information content (AvgIpc) is 3.16. The molecule has 5 aliphatic rings. The van der Waals surface area contributed by atoms with Gasteiger partial charge in [-0.2, -0.15) is 5.26 Å². The van der Waals surface area contributed by atoms with Crippen molar-refractivity contribution >= 4 is 17.7 Å². The van der Waals surface area contributed by atoms with Gasteiger partial charge in [0, 0.05) is 22.7 Å². The molecule has 0 radical (unpaired) electrons. The number of nitriles is 1. The molecule has 5 rings (SSSR count). The summed E-state index contributed by atoms with van der Waals surface area (Å²) in [7, 11) is 0. The zero-order valence-corrected chi connectivity index (χ0v) is 24.0. The predicted octanol–water partition coefficient (Wildman–Crippen LogP) is 4.63. The smallest absolute Gasteiger partial charge is 0.352 e. The third-order valence-electron chi connectivity index (χ3n) is 12.3. The van der Waals surface area contributed by atoms with Crippen LogP contribution in [-0.2, 0) is 23.9 Å². The quantitative estimate of drug-likeness (QED) is 0.516. The molecule has 0 aromatic heterocycles. The van der Waals surface area contributed by atoms with Crippen molar-refractivity contribution in [2.75, 3.05) is 6.61 Å². The monoisotopic (exact) mass is 541 g/mol. The highest BCUT2D eigenvalue weighted by Crippen LogP contribution is 2.73. The summed E-state index contributed by atoms with van der Waals surface area (Å²) in [5.41, 5.74) is -6.16. The van der Waals surface area contributed by atoms with E-state index in [1.807, 2.05) is 47.6 Å². The average molecular weight is 542 g/mol. The SMILES string of the molecule is C[C@H]1C[C@H]2[C@@H]3CCC4=CC(=O)C=C[C@]4(C)[C@@]3(F)[C@@H](O)C[C@]2(C)[C@@]1(OC(=O)C1C(C)(C)C1(C)C)C(=O)OCC#N. The fourth-order valence-electron chi connectivity index (χ4n) is 9.43. The normalized spacial score (nSPS) is 45.2. The summed E-state index contributed by atoms with van der Waals surface area (Å²) in [6, 6.07) is 1.82. The van der Waals surface area contributed by atoms with Gasteiger partial charge in [-0.3, -0.25) is 9.59 Å². The first kappa shape index (κ1) is 28.0. The molecule has 0 saturated heterocycles. The minimum Gasteiger partial charge on any atom is -0.447 e. The molecule has 7 nitrogen and oxygen atoms in total. The molecule has 0 spiro atoms. The molecule has 0 aromatic rings. The predicted molar refractivity (Wildman–Crippen MR) is 139 cm³/mol. The molecule has 4 saturated carbocycles. The van der Waals surface area contributed by atoms with Crippen molar-refractivity contribution < 1.29 is 33.4 Å². The number of allylic oxidation sites excluding steroid dienone is 4. The van der Waals surface area contributed by atoms with Crippen LogP contribution in [0.1, 0.15) is 74.1 Å². The Bertz CT molecular complexity index is 1230. The van der Waals surface area contributed by atoms with E-state index in [9.17, 15) is 19.5 Å². The van der Waals surface area contributed by atoms with Crippen LogP contribution < -0.4 is 0 Å². The van der Waals surface area contributed by atoms with Crippen molar-refractivity contribution in [1.29, 1.82) is 5.26 Å². The molecule has 0 unspecified atom stereocenters. The molecule has 4 fully saturated rings. The molecule has 0 bridgehead atoms. The van der Waals surface area contributed by atoms with E-state index in [1.165, 1.54) is 12.2 Å². The fourth-order valence-corrected chi connectivity index (χ4v) is 9.43. The molecule has 0 heterocycles. The number of carbonyl (C=O) groups is 3. The van der Waals surface area contributed by atoms with Crippen LogP contribution in [0.15, 0.2) is 23.8 Å². The van der Waals surface area contributed by atoms with Crippen LogP contribution in [0.2, 0.25) is 0 Å². The summed E-state index contributed by atoms with van der Waals surface area (Å²) in [5, 5.41) is 20.8. The van der Waals surface area contributed by atoms with Gasteiger partial charge in [0.2, 0.25) is 5.60 Å². The maximum Gasteiger partial charge on any atom is 0.352 e. The number of aliphatic hydroxyl groups is 1. The molecule has 39 heavy (non-hydrogen) atoms.